The predicted molar refractivity (Wildman–Crippen MR) is 107 cm³/mol. The molecule has 1 aliphatic rings. The highest BCUT2D eigenvalue weighted by atomic mass is 35.5. The summed E-state index contributed by atoms with van der Waals surface area (Å²) >= 11 is 0. The van der Waals surface area contributed by atoms with E-state index >= 15 is 0 Å². The van der Waals surface area contributed by atoms with Gasteiger partial charge in [-0.15, -0.1) is 12.4 Å². The standard InChI is InChI=1S/C22H23NO2.ClH/c1-3-20(23-13-1)16-25-21-11-7-18(8-12-21)15-17-5-9-19(10-6-17)22-4-2-14-24-22;/h2,4-12,14,20,23H,1,3,13,15-16H2;1H/t20-;/m1./s1. The van der Waals surface area contributed by atoms with Crippen molar-refractivity contribution in [1.82, 2.24) is 5.32 Å². The largest absolute Gasteiger partial charge is 0.492 e. The fourth-order valence-corrected chi connectivity index (χ4v) is 3.26. The monoisotopic (exact) mass is 369 g/mol. The molecule has 2 heterocycles. The Hall–Kier alpha value is -2.23. The van der Waals surface area contributed by atoms with Crippen molar-refractivity contribution in [2.75, 3.05) is 13.2 Å². The summed E-state index contributed by atoms with van der Waals surface area (Å²) in [5.41, 5.74) is 3.69. The Morgan fingerprint density at radius 3 is 2.31 bits per heavy atom. The smallest absolute Gasteiger partial charge is 0.133 e. The number of rotatable bonds is 6. The first-order valence-electron chi connectivity index (χ1n) is 8.95. The van der Waals surface area contributed by atoms with Crippen LogP contribution < -0.4 is 10.1 Å². The van der Waals surface area contributed by atoms with Gasteiger partial charge in [0.2, 0.25) is 0 Å². The first-order valence-corrected chi connectivity index (χ1v) is 8.95. The zero-order chi connectivity index (χ0) is 16.9. The van der Waals surface area contributed by atoms with E-state index in [0.29, 0.717) is 6.04 Å². The molecule has 136 valence electrons. The Bertz CT molecular complexity index is 776. The number of benzene rings is 2. The van der Waals surface area contributed by atoms with E-state index in [0.717, 1.165) is 36.6 Å². The van der Waals surface area contributed by atoms with Crippen LogP contribution in [0.2, 0.25) is 0 Å². The van der Waals surface area contributed by atoms with Crippen LogP contribution in [-0.4, -0.2) is 19.2 Å². The average Bonchev–Trinajstić information content (AvgIpc) is 3.36. The molecule has 2 aromatic carbocycles. The van der Waals surface area contributed by atoms with Gasteiger partial charge in [-0.05, 0) is 61.2 Å². The lowest BCUT2D eigenvalue weighted by atomic mass is 10.0. The second-order valence-electron chi connectivity index (χ2n) is 6.60. The average molecular weight is 370 g/mol. The van der Waals surface area contributed by atoms with Gasteiger partial charge in [-0.25, -0.2) is 0 Å². The number of hydrogen-bond donors (Lipinski definition) is 1. The summed E-state index contributed by atoms with van der Waals surface area (Å²) in [6.07, 6.45) is 5.09. The van der Waals surface area contributed by atoms with Crippen LogP contribution in [0.3, 0.4) is 0 Å². The minimum atomic E-state index is 0. The number of nitrogens with one attached hydrogen (secondary N) is 1. The summed E-state index contributed by atoms with van der Waals surface area (Å²) in [5, 5.41) is 3.45. The maximum absolute atomic E-state index is 5.88. The van der Waals surface area contributed by atoms with Crippen LogP contribution in [0.15, 0.2) is 71.3 Å². The first kappa shape index (κ1) is 18.6. The third kappa shape index (κ3) is 4.69. The molecule has 0 amide bonds. The van der Waals surface area contributed by atoms with Gasteiger partial charge in [0.05, 0.1) is 6.26 Å². The van der Waals surface area contributed by atoms with E-state index in [9.17, 15) is 0 Å². The third-order valence-corrected chi connectivity index (χ3v) is 4.70. The van der Waals surface area contributed by atoms with E-state index in [1.165, 1.54) is 24.0 Å². The van der Waals surface area contributed by atoms with Crippen LogP contribution in [0.4, 0.5) is 0 Å². The highest BCUT2D eigenvalue weighted by molar-refractivity contribution is 5.85. The molecule has 0 unspecified atom stereocenters. The molecule has 1 saturated heterocycles. The van der Waals surface area contributed by atoms with Crippen molar-refractivity contribution in [3.8, 4) is 17.1 Å². The lowest BCUT2D eigenvalue weighted by molar-refractivity contribution is 0.277. The van der Waals surface area contributed by atoms with Crippen LogP contribution in [0.1, 0.15) is 24.0 Å². The molecule has 1 N–H and O–H groups in total. The lowest BCUT2D eigenvalue weighted by Gasteiger charge is -2.12. The lowest BCUT2D eigenvalue weighted by Crippen LogP contribution is -2.28. The van der Waals surface area contributed by atoms with Crippen LogP contribution in [0.5, 0.6) is 5.75 Å². The molecule has 26 heavy (non-hydrogen) atoms. The zero-order valence-electron chi connectivity index (χ0n) is 14.7. The Kier molecular flexibility index (Phi) is 6.37. The van der Waals surface area contributed by atoms with Crippen molar-refractivity contribution in [3.05, 3.63) is 78.1 Å². The summed E-state index contributed by atoms with van der Waals surface area (Å²) in [5.74, 6) is 1.86. The minimum absolute atomic E-state index is 0. The SMILES string of the molecule is Cl.c1coc(-c2ccc(Cc3ccc(OC[C@H]4CCCN4)cc3)cc2)c1. The maximum Gasteiger partial charge on any atom is 0.133 e. The Morgan fingerprint density at radius 1 is 0.962 bits per heavy atom. The quantitative estimate of drug-likeness (QED) is 0.657. The Morgan fingerprint density at radius 2 is 1.69 bits per heavy atom. The molecule has 1 aromatic heterocycles. The zero-order valence-corrected chi connectivity index (χ0v) is 15.5. The number of hydrogen-bond acceptors (Lipinski definition) is 3. The van der Waals surface area contributed by atoms with Crippen molar-refractivity contribution < 1.29 is 9.15 Å². The summed E-state index contributed by atoms with van der Waals surface area (Å²) in [6.45, 7) is 1.87. The minimum Gasteiger partial charge on any atom is -0.492 e. The van der Waals surface area contributed by atoms with Gasteiger partial charge in [0.1, 0.15) is 18.1 Å². The topological polar surface area (TPSA) is 34.4 Å². The molecular weight excluding hydrogens is 346 g/mol. The van der Waals surface area contributed by atoms with E-state index in [1.807, 2.05) is 12.1 Å². The summed E-state index contributed by atoms with van der Waals surface area (Å²) < 4.78 is 11.3. The molecule has 0 spiro atoms. The third-order valence-electron chi connectivity index (χ3n) is 4.70. The molecule has 3 aromatic rings. The molecule has 4 heteroatoms. The molecule has 0 radical (unpaired) electrons. The van der Waals surface area contributed by atoms with Crippen molar-refractivity contribution >= 4 is 12.4 Å². The molecule has 1 fully saturated rings. The van der Waals surface area contributed by atoms with E-state index in [2.05, 4.69) is 53.8 Å². The van der Waals surface area contributed by atoms with E-state index in [1.54, 1.807) is 6.26 Å². The van der Waals surface area contributed by atoms with Gasteiger partial charge in [0, 0.05) is 11.6 Å². The molecule has 3 nitrogen and oxygen atoms in total. The number of furan rings is 1. The van der Waals surface area contributed by atoms with Crippen LogP contribution >= 0.6 is 12.4 Å². The van der Waals surface area contributed by atoms with E-state index < -0.39 is 0 Å². The number of ether oxygens (including phenoxy) is 1. The van der Waals surface area contributed by atoms with Gasteiger partial charge in [-0.2, -0.15) is 0 Å². The van der Waals surface area contributed by atoms with Crippen molar-refractivity contribution in [3.63, 3.8) is 0 Å². The maximum atomic E-state index is 5.88. The summed E-state index contributed by atoms with van der Waals surface area (Å²) in [6, 6.07) is 21.4. The van der Waals surface area contributed by atoms with Crippen LogP contribution in [-0.2, 0) is 6.42 Å². The predicted octanol–water partition coefficient (Wildman–Crippen LogP) is 5.09. The fourth-order valence-electron chi connectivity index (χ4n) is 3.26. The second kappa shape index (κ2) is 8.93. The van der Waals surface area contributed by atoms with Crippen LogP contribution in [0.25, 0.3) is 11.3 Å². The first-order chi connectivity index (χ1) is 12.4. The van der Waals surface area contributed by atoms with Gasteiger partial charge in [-0.1, -0.05) is 36.4 Å². The molecule has 4 rings (SSSR count). The molecule has 1 aliphatic heterocycles. The van der Waals surface area contributed by atoms with Crippen molar-refractivity contribution in [2.45, 2.75) is 25.3 Å². The summed E-state index contributed by atoms with van der Waals surface area (Å²) in [7, 11) is 0. The molecule has 0 aliphatic carbocycles. The molecular formula is C22H24ClNO2. The molecule has 0 saturated carbocycles. The molecule has 0 bridgehead atoms. The van der Waals surface area contributed by atoms with Gasteiger partial charge >= 0.3 is 0 Å². The molecule has 1 atom stereocenters. The van der Waals surface area contributed by atoms with Gasteiger partial charge in [0.15, 0.2) is 0 Å². The van der Waals surface area contributed by atoms with E-state index in [-0.39, 0.29) is 12.4 Å². The number of halogens is 1. The Balaban J connectivity index is 0.00000196. The second-order valence-corrected chi connectivity index (χ2v) is 6.60. The van der Waals surface area contributed by atoms with Crippen LogP contribution in [0, 0.1) is 0 Å². The fraction of sp³-hybridized carbons (Fsp3) is 0.273. The van der Waals surface area contributed by atoms with Gasteiger partial charge in [0.25, 0.3) is 0 Å². The van der Waals surface area contributed by atoms with Crippen molar-refractivity contribution in [1.29, 1.82) is 0 Å². The highest BCUT2D eigenvalue weighted by Gasteiger charge is 2.14. The Labute approximate surface area is 160 Å². The van der Waals surface area contributed by atoms with Crippen molar-refractivity contribution in [2.24, 2.45) is 0 Å². The van der Waals surface area contributed by atoms with E-state index in [4.69, 9.17) is 9.15 Å². The highest BCUT2D eigenvalue weighted by Crippen LogP contribution is 2.22. The summed E-state index contributed by atoms with van der Waals surface area (Å²) in [4.78, 5) is 0. The van der Waals surface area contributed by atoms with Gasteiger partial charge in [-0.3, -0.25) is 0 Å². The van der Waals surface area contributed by atoms with Gasteiger partial charge < -0.3 is 14.5 Å². The normalized spacial score (nSPS) is 16.2.